The van der Waals surface area contributed by atoms with Crippen LogP contribution in [0.4, 0.5) is 51.6 Å². The first-order valence-electron chi connectivity index (χ1n) is 32.5. The maximum atomic E-state index is 15.4. The summed E-state index contributed by atoms with van der Waals surface area (Å²) >= 11 is 0. The Morgan fingerprint density at radius 2 is 1.05 bits per heavy atom. The lowest BCUT2D eigenvalue weighted by Gasteiger charge is -2.28. The molecule has 98 heavy (non-hydrogen) atoms. The summed E-state index contributed by atoms with van der Waals surface area (Å²) in [5.74, 6) is 1.21. The Bertz CT molecular complexity index is 4320. The number of benzene rings is 3. The average Bonchev–Trinajstić information content (AvgIpc) is 1.19. The van der Waals surface area contributed by atoms with Crippen molar-refractivity contribution in [2.75, 3.05) is 140 Å². The van der Waals surface area contributed by atoms with Crippen LogP contribution in [0.25, 0.3) is 33.8 Å². The highest BCUT2D eigenvalue weighted by atomic mass is 16.5. The summed E-state index contributed by atoms with van der Waals surface area (Å²) in [7, 11) is 1.91. The van der Waals surface area contributed by atoms with Gasteiger partial charge in [0.25, 0.3) is 17.7 Å². The van der Waals surface area contributed by atoms with E-state index in [-0.39, 0.29) is 61.1 Å². The van der Waals surface area contributed by atoms with Crippen molar-refractivity contribution in [3.63, 3.8) is 0 Å². The molecule has 9 aromatic rings. The number of carbonyl (C=O) groups excluding carboxylic acids is 3. The van der Waals surface area contributed by atoms with E-state index < -0.39 is 17.7 Å². The van der Waals surface area contributed by atoms with Gasteiger partial charge in [0.1, 0.15) is 23.9 Å². The second-order valence-electron chi connectivity index (χ2n) is 23.2. The number of nitrogens with two attached hydrogens (primary N) is 4. The van der Waals surface area contributed by atoms with E-state index in [2.05, 4.69) is 51.5 Å². The summed E-state index contributed by atoms with van der Waals surface area (Å²) in [6.07, 6.45) is 18.7. The number of amides is 3. The van der Waals surface area contributed by atoms with Crippen molar-refractivity contribution in [2.24, 2.45) is 17.2 Å². The van der Waals surface area contributed by atoms with E-state index >= 15 is 4.79 Å². The number of nitrogens with zero attached hydrogens (tertiary/aromatic N) is 12. The smallest absolute Gasteiger partial charge is 0.278 e. The highest BCUT2D eigenvalue weighted by Crippen LogP contribution is 2.38. The van der Waals surface area contributed by atoms with Gasteiger partial charge < -0.3 is 87.9 Å². The first-order chi connectivity index (χ1) is 48.0. The fourth-order valence-corrected chi connectivity index (χ4v) is 11.3. The molecule has 0 spiro atoms. The van der Waals surface area contributed by atoms with E-state index in [4.69, 9.17) is 66.6 Å². The molecule has 0 aliphatic carbocycles. The van der Waals surface area contributed by atoms with Crippen LogP contribution in [-0.4, -0.2) is 155 Å². The number of fused-ring (bicyclic) bond motifs is 17. The quantitative estimate of drug-likeness (QED) is 0.0376. The lowest BCUT2D eigenvalue weighted by atomic mass is 10.0. The van der Waals surface area contributed by atoms with Crippen LogP contribution in [0, 0.1) is 0 Å². The van der Waals surface area contributed by atoms with Gasteiger partial charge in [0, 0.05) is 61.5 Å². The molecule has 0 unspecified atom stereocenters. The molecule has 10 bridgehead atoms. The number of aryl methyl sites for hydroxylation is 1. The lowest BCUT2D eigenvalue weighted by Crippen LogP contribution is -2.34. The lowest BCUT2D eigenvalue weighted by molar-refractivity contribution is 0.101. The maximum Gasteiger partial charge on any atom is 0.278 e. The van der Waals surface area contributed by atoms with Crippen LogP contribution >= 0.6 is 0 Å². The first-order valence-corrected chi connectivity index (χ1v) is 32.5. The van der Waals surface area contributed by atoms with Gasteiger partial charge in [-0.2, -0.15) is 0 Å². The zero-order valence-electron chi connectivity index (χ0n) is 54.2. The Labute approximate surface area is 565 Å². The third kappa shape index (κ3) is 15.9. The number of pyridine rings is 3. The largest absolute Gasteiger partial charge is 0.493 e. The van der Waals surface area contributed by atoms with Crippen LogP contribution in [0.1, 0.15) is 75.6 Å². The van der Waals surface area contributed by atoms with Crippen LogP contribution in [0.3, 0.4) is 0 Å². The average molecular weight is 1330 g/mol. The van der Waals surface area contributed by atoms with Gasteiger partial charge in [-0.15, -0.1) is 0 Å². The number of rotatable bonds is 18. The Kier molecular flexibility index (Phi) is 21.6. The summed E-state index contributed by atoms with van der Waals surface area (Å²) in [5, 5.41) is 16.0. The highest BCUT2D eigenvalue weighted by molar-refractivity contribution is 6.09. The molecule has 3 aliphatic rings. The van der Waals surface area contributed by atoms with E-state index in [0.29, 0.717) is 201 Å². The molecule has 12 rings (SSSR count). The van der Waals surface area contributed by atoms with Crippen molar-refractivity contribution in [1.29, 1.82) is 0 Å². The Morgan fingerprint density at radius 1 is 0.520 bits per heavy atom. The van der Waals surface area contributed by atoms with E-state index in [0.717, 1.165) is 5.56 Å². The minimum atomic E-state index is -0.618. The highest BCUT2D eigenvalue weighted by Gasteiger charge is 2.27. The van der Waals surface area contributed by atoms with Gasteiger partial charge in [0.15, 0.2) is 46.0 Å². The van der Waals surface area contributed by atoms with Gasteiger partial charge >= 0.3 is 0 Å². The number of hydrogen-bond donors (Lipinski definition) is 9. The molecule has 13 N–H and O–H groups in total. The number of aromatic nitrogens is 9. The number of carbonyl (C=O) groups is 3. The number of anilines is 9. The van der Waals surface area contributed by atoms with Gasteiger partial charge in [-0.25, -0.2) is 29.9 Å². The molecule has 29 nitrogen and oxygen atoms in total. The molecular weight excluding hydrogens is 1250 g/mol. The topological polar surface area (TPSA) is 387 Å². The van der Waals surface area contributed by atoms with E-state index in [1.807, 2.05) is 64.2 Å². The van der Waals surface area contributed by atoms with E-state index in [9.17, 15) is 9.59 Å². The van der Waals surface area contributed by atoms with E-state index in [1.165, 1.54) is 12.4 Å². The Morgan fingerprint density at radius 3 is 1.70 bits per heavy atom. The third-order valence-electron chi connectivity index (χ3n) is 16.4. The molecule has 0 atom stereocenters. The van der Waals surface area contributed by atoms with Crippen molar-refractivity contribution >= 4 is 69.3 Å². The van der Waals surface area contributed by atoms with Crippen molar-refractivity contribution < 1.29 is 38.1 Å². The van der Waals surface area contributed by atoms with Gasteiger partial charge in [-0.3, -0.25) is 29.3 Å². The van der Waals surface area contributed by atoms with Crippen molar-refractivity contribution in [3.05, 3.63) is 151 Å². The Balaban J connectivity index is 0.874. The van der Waals surface area contributed by atoms with Crippen LogP contribution in [0.15, 0.2) is 129 Å². The first kappa shape index (κ1) is 66.5. The fourth-order valence-electron chi connectivity index (χ4n) is 11.3. The van der Waals surface area contributed by atoms with Crippen molar-refractivity contribution in [2.45, 2.75) is 44.9 Å². The van der Waals surface area contributed by atoms with Gasteiger partial charge in [-0.05, 0) is 137 Å². The van der Waals surface area contributed by atoms with Crippen LogP contribution < -0.4 is 87.9 Å². The molecule has 29 heteroatoms. The molecule has 3 amide bonds. The standard InChI is InChI=1S/C69H77N21O8/c1-88-26-31-98-59-34-46(94-27-4-18-70)11-12-47(59)50-40-79-66(63(84-50)69(93)85-51-35-74-21-15-54(51)88)80-41-89-24-3-2-8-45-32-43(9-13-57(45)95-28-5-19-71)49-39-78-65(62(83-49)68(92)87-53-37-76-22-16-55(53)89)81-42-90-25-7-30-97-60-33-44(10-14-58(60)96-29-6-20-72)48-38-77-64(73)61(82-48)67(91)86-52-36-75-23-17-56(52)90/h9-17,21-23,32-40H,2-8,18-20,24-31,41-42,70-72H2,1H3,(H2,73,77)(H,78,81)(H,79,80)(H,85,93)(H,86,91)(H,87,92). The molecular formula is C69H77N21O8. The number of hydrogen-bond acceptors (Lipinski definition) is 26. The Hall–Kier alpha value is -11.6. The number of nitrogen functional groups attached to an aromatic ring is 1. The normalized spacial score (nSPS) is 14.0. The fraction of sp³-hybridized carbons (Fsp3) is 0.304. The summed E-state index contributed by atoms with van der Waals surface area (Å²) in [5.41, 5.74) is 30.7. The monoisotopic (exact) mass is 1330 g/mol. The molecule has 0 saturated carbocycles. The van der Waals surface area contributed by atoms with Crippen LogP contribution in [0.2, 0.25) is 0 Å². The predicted molar refractivity (Wildman–Crippen MR) is 374 cm³/mol. The number of nitrogens with one attached hydrogen (secondary N) is 5. The molecule has 0 fully saturated rings. The number of likely N-dealkylation sites (N-methyl/N-ethyl adjacent to an activating group) is 1. The second-order valence-corrected chi connectivity index (χ2v) is 23.2. The second kappa shape index (κ2) is 31.8. The van der Waals surface area contributed by atoms with Gasteiger partial charge in [0.2, 0.25) is 0 Å². The minimum absolute atomic E-state index is 0.00759. The molecule has 0 radical (unpaired) electrons. The van der Waals surface area contributed by atoms with E-state index in [1.54, 1.807) is 73.7 Å². The number of ether oxygens (including phenoxy) is 5. The zero-order chi connectivity index (χ0) is 67.7. The molecule has 6 aromatic heterocycles. The predicted octanol–water partition coefficient (Wildman–Crippen LogP) is 7.46. The summed E-state index contributed by atoms with van der Waals surface area (Å²) in [4.78, 5) is 92.5. The maximum absolute atomic E-state index is 15.4. The van der Waals surface area contributed by atoms with Crippen molar-refractivity contribution in [3.8, 4) is 62.5 Å². The summed E-state index contributed by atoms with van der Waals surface area (Å²) in [6.45, 7) is 4.47. The van der Waals surface area contributed by atoms with Crippen molar-refractivity contribution in [1.82, 2.24) is 44.9 Å². The third-order valence-corrected chi connectivity index (χ3v) is 16.4. The van der Waals surface area contributed by atoms with Crippen LogP contribution in [0.5, 0.6) is 28.7 Å². The molecule has 3 aliphatic heterocycles. The summed E-state index contributed by atoms with van der Waals surface area (Å²) < 4.78 is 31.4. The molecule has 0 saturated heterocycles. The summed E-state index contributed by atoms with van der Waals surface area (Å²) in [6, 6.07) is 22.1. The van der Waals surface area contributed by atoms with Gasteiger partial charge in [-0.1, -0.05) is 0 Å². The van der Waals surface area contributed by atoms with Crippen LogP contribution in [-0.2, 0) is 6.42 Å². The SMILES string of the molecule is CN1CCOc2cc(OCCCN)ccc2-c2cnc(NCN3CCCCc4cc(ccc4OCCCN)-c4cnc(NCN5CCCOc6cc(ccc6OCCCN)-c6cnc(N)c(n6)C(=O)Nc6cnccc65)c(n4)C(=O)Nc4cnccc43)c(n2)C(=O)Nc2cnccc21. The van der Waals surface area contributed by atoms with Gasteiger partial charge in [0.05, 0.1) is 135 Å². The molecule has 506 valence electrons. The molecule has 3 aromatic carbocycles. The zero-order valence-corrected chi connectivity index (χ0v) is 54.2. The molecule has 9 heterocycles. The minimum Gasteiger partial charge on any atom is -0.493 e.